The van der Waals surface area contributed by atoms with Crippen molar-refractivity contribution in [3.8, 4) is 22.5 Å². The molecule has 166 valence electrons. The number of hydrogen-bond donors (Lipinski definition) is 1. The minimum Gasteiger partial charge on any atom is -0.457 e. The number of methoxy groups -OCH3 is 1. The number of hydrogen-bond acceptors (Lipinski definition) is 6. The molecule has 0 bridgehead atoms. The first-order valence-electron chi connectivity index (χ1n) is 11.2. The molecular weight excluding hydrogens is 404 g/mol. The molecule has 1 aliphatic carbocycles. The highest BCUT2D eigenvalue weighted by molar-refractivity contribution is 6.01. The summed E-state index contributed by atoms with van der Waals surface area (Å²) in [5.41, 5.74) is 3.76. The Hall–Kier alpha value is -2.80. The van der Waals surface area contributed by atoms with Crippen molar-refractivity contribution in [2.75, 3.05) is 33.4 Å². The van der Waals surface area contributed by atoms with E-state index in [2.05, 4.69) is 16.0 Å². The minimum absolute atomic E-state index is 0.211. The lowest BCUT2D eigenvalue weighted by Crippen LogP contribution is -2.43. The molecule has 1 fully saturated rings. The summed E-state index contributed by atoms with van der Waals surface area (Å²) < 4.78 is 11.6. The van der Waals surface area contributed by atoms with Crippen molar-refractivity contribution in [1.29, 1.82) is 0 Å². The van der Waals surface area contributed by atoms with E-state index < -0.39 is 5.60 Å². The predicted octanol–water partition coefficient (Wildman–Crippen LogP) is 4.07. The fourth-order valence-electron chi connectivity index (χ4n) is 4.79. The molecule has 0 radical (unpaired) electrons. The topological polar surface area (TPSA) is 75.8 Å². The van der Waals surface area contributed by atoms with E-state index in [-0.39, 0.29) is 5.78 Å². The Morgan fingerprint density at radius 2 is 1.84 bits per heavy atom. The molecular formula is C26H28N2O4. The Balaban J connectivity index is 1.51. The summed E-state index contributed by atoms with van der Waals surface area (Å²) in [7, 11) is 1.71. The van der Waals surface area contributed by atoms with Crippen molar-refractivity contribution < 1.29 is 19.1 Å². The number of benzene rings is 1. The maximum Gasteiger partial charge on any atom is 0.163 e. The van der Waals surface area contributed by atoms with E-state index in [0.29, 0.717) is 31.6 Å². The zero-order valence-electron chi connectivity index (χ0n) is 18.3. The molecule has 0 spiro atoms. The Labute approximate surface area is 187 Å². The van der Waals surface area contributed by atoms with Crippen molar-refractivity contribution in [3.63, 3.8) is 0 Å². The van der Waals surface area contributed by atoms with Gasteiger partial charge in [-0.2, -0.15) is 0 Å². The number of ketones is 1. The average molecular weight is 433 g/mol. The van der Waals surface area contributed by atoms with Crippen molar-refractivity contribution >= 4 is 5.78 Å². The number of rotatable bonds is 6. The van der Waals surface area contributed by atoms with Crippen LogP contribution < -0.4 is 0 Å². The largest absolute Gasteiger partial charge is 0.457 e. The van der Waals surface area contributed by atoms with Gasteiger partial charge < -0.3 is 19.2 Å². The molecule has 3 heterocycles. The third-order valence-corrected chi connectivity index (χ3v) is 6.77. The molecule has 1 aliphatic heterocycles. The fraction of sp³-hybridized carbons (Fsp3) is 0.385. The van der Waals surface area contributed by atoms with Crippen molar-refractivity contribution in [1.82, 2.24) is 9.88 Å². The molecule has 0 unspecified atom stereocenters. The molecule has 6 heteroatoms. The Bertz CT molecular complexity index is 1110. The quantitative estimate of drug-likeness (QED) is 0.633. The van der Waals surface area contributed by atoms with Crippen LogP contribution in [0.25, 0.3) is 22.5 Å². The smallest absolute Gasteiger partial charge is 0.163 e. The summed E-state index contributed by atoms with van der Waals surface area (Å²) >= 11 is 0. The number of carbonyl (C=O) groups is 1. The lowest BCUT2D eigenvalue weighted by molar-refractivity contribution is -0.0445. The number of ether oxygens (including phenoxy) is 1. The van der Waals surface area contributed by atoms with Crippen LogP contribution in [0.4, 0.5) is 0 Å². The lowest BCUT2D eigenvalue weighted by atomic mass is 9.88. The Morgan fingerprint density at radius 3 is 2.59 bits per heavy atom. The molecule has 1 N–H and O–H groups in total. The predicted molar refractivity (Wildman–Crippen MR) is 121 cm³/mol. The highest BCUT2D eigenvalue weighted by Gasteiger charge is 2.38. The summed E-state index contributed by atoms with van der Waals surface area (Å²) in [6.45, 7) is 3.14. The standard InChI is InChI=1S/C26H28N2O4/c1-31-15-14-28-12-8-26(30,9-13-28)24-17-22(25(32-24)18-6-10-27-11-7-18)20-2-4-21-19(16-20)3-5-23(21)29/h2,4,6-7,10-11,16-17,30H,3,5,8-9,12-15H2,1H3. The number of Topliss-reactive ketones (excluding diaryl/α,β-unsaturated/α-hetero) is 1. The molecule has 2 aliphatic rings. The van der Waals surface area contributed by atoms with Crippen LogP contribution in [0.1, 0.15) is 40.9 Å². The van der Waals surface area contributed by atoms with Gasteiger partial charge in [0.1, 0.15) is 17.1 Å². The summed E-state index contributed by atoms with van der Waals surface area (Å²) in [5, 5.41) is 11.5. The first kappa shape index (κ1) is 21.1. The summed E-state index contributed by atoms with van der Waals surface area (Å²) in [6, 6.07) is 11.8. The van der Waals surface area contributed by atoms with Gasteiger partial charge >= 0.3 is 0 Å². The van der Waals surface area contributed by atoms with Crippen LogP contribution >= 0.6 is 0 Å². The zero-order valence-corrected chi connectivity index (χ0v) is 18.3. The van der Waals surface area contributed by atoms with Crippen LogP contribution in [0, 0.1) is 0 Å². The van der Waals surface area contributed by atoms with Gasteiger partial charge in [0.25, 0.3) is 0 Å². The molecule has 2 aromatic heterocycles. The van der Waals surface area contributed by atoms with Crippen LogP contribution in [-0.4, -0.2) is 54.1 Å². The number of pyridine rings is 1. The van der Waals surface area contributed by atoms with E-state index in [1.165, 1.54) is 0 Å². The second-order valence-corrected chi connectivity index (χ2v) is 8.75. The van der Waals surface area contributed by atoms with Gasteiger partial charge in [0.05, 0.1) is 6.61 Å². The molecule has 0 saturated carbocycles. The second kappa shape index (κ2) is 8.62. The van der Waals surface area contributed by atoms with Crippen molar-refractivity contribution in [2.45, 2.75) is 31.3 Å². The third-order valence-electron chi connectivity index (χ3n) is 6.77. The number of aryl methyl sites for hydroxylation is 1. The second-order valence-electron chi connectivity index (χ2n) is 8.75. The van der Waals surface area contributed by atoms with E-state index >= 15 is 0 Å². The molecule has 1 aromatic carbocycles. The number of furan rings is 1. The first-order chi connectivity index (χ1) is 15.6. The third kappa shape index (κ3) is 3.90. The summed E-state index contributed by atoms with van der Waals surface area (Å²) in [5.74, 6) is 1.53. The normalized spacial score (nSPS) is 18.1. The van der Waals surface area contributed by atoms with Gasteiger partial charge in [-0.1, -0.05) is 18.2 Å². The van der Waals surface area contributed by atoms with E-state index in [1.807, 2.05) is 30.3 Å². The summed E-state index contributed by atoms with van der Waals surface area (Å²) in [4.78, 5) is 18.5. The fourth-order valence-corrected chi connectivity index (χ4v) is 4.79. The SMILES string of the molecule is COCCN1CCC(O)(c2cc(-c3ccc4c(c3)CCC4=O)c(-c3ccncc3)o2)CC1. The zero-order chi connectivity index (χ0) is 22.1. The molecule has 32 heavy (non-hydrogen) atoms. The van der Waals surface area contributed by atoms with Crippen LogP contribution in [0.3, 0.4) is 0 Å². The summed E-state index contributed by atoms with van der Waals surface area (Å²) in [6.07, 6.45) is 6.05. The highest BCUT2D eigenvalue weighted by Crippen LogP contribution is 2.42. The Morgan fingerprint density at radius 1 is 1.06 bits per heavy atom. The van der Waals surface area contributed by atoms with E-state index in [0.717, 1.165) is 59.6 Å². The lowest BCUT2D eigenvalue weighted by Gasteiger charge is -2.36. The van der Waals surface area contributed by atoms with Crippen LogP contribution in [0.15, 0.2) is 53.2 Å². The number of aromatic nitrogens is 1. The molecule has 6 nitrogen and oxygen atoms in total. The van der Waals surface area contributed by atoms with Gasteiger partial charge in [-0.05, 0) is 48.6 Å². The van der Waals surface area contributed by atoms with E-state index in [9.17, 15) is 9.90 Å². The maximum atomic E-state index is 12.1. The van der Waals surface area contributed by atoms with Gasteiger partial charge in [-0.15, -0.1) is 0 Å². The number of carbonyl (C=O) groups excluding carboxylic acids is 1. The van der Waals surface area contributed by atoms with Crippen LogP contribution in [0.5, 0.6) is 0 Å². The number of likely N-dealkylation sites (tertiary alicyclic amines) is 1. The van der Waals surface area contributed by atoms with E-state index in [1.54, 1.807) is 19.5 Å². The number of piperidine rings is 1. The molecule has 1 saturated heterocycles. The number of nitrogens with zero attached hydrogens (tertiary/aromatic N) is 2. The van der Waals surface area contributed by atoms with Gasteiger partial charge in [0.15, 0.2) is 5.78 Å². The monoisotopic (exact) mass is 432 g/mol. The first-order valence-corrected chi connectivity index (χ1v) is 11.2. The van der Waals surface area contributed by atoms with Crippen LogP contribution in [-0.2, 0) is 16.8 Å². The Kier molecular flexibility index (Phi) is 5.67. The van der Waals surface area contributed by atoms with Crippen molar-refractivity contribution in [2.24, 2.45) is 0 Å². The van der Waals surface area contributed by atoms with Gasteiger partial charge in [0.2, 0.25) is 0 Å². The average Bonchev–Trinajstić information content (AvgIpc) is 3.44. The van der Waals surface area contributed by atoms with E-state index in [4.69, 9.17) is 9.15 Å². The molecule has 5 rings (SSSR count). The maximum absolute atomic E-state index is 12.1. The molecule has 0 atom stereocenters. The molecule has 0 amide bonds. The van der Waals surface area contributed by atoms with Gasteiger partial charge in [-0.3, -0.25) is 9.78 Å². The number of fused-ring (bicyclic) bond motifs is 1. The van der Waals surface area contributed by atoms with Gasteiger partial charge in [0, 0.05) is 62.2 Å². The molecule has 3 aromatic rings. The van der Waals surface area contributed by atoms with Crippen molar-refractivity contribution in [3.05, 3.63) is 65.7 Å². The van der Waals surface area contributed by atoms with Gasteiger partial charge in [-0.25, -0.2) is 0 Å². The minimum atomic E-state index is -1.00. The number of aliphatic hydroxyl groups is 1. The van der Waals surface area contributed by atoms with Crippen LogP contribution in [0.2, 0.25) is 0 Å². The highest BCUT2D eigenvalue weighted by atomic mass is 16.5.